The second kappa shape index (κ2) is 13.7. The molecule has 13 nitrogen and oxygen atoms in total. The molecule has 0 aromatic heterocycles. The van der Waals surface area contributed by atoms with Crippen molar-refractivity contribution < 1.29 is 28.7 Å². The number of nitro groups is 1. The van der Waals surface area contributed by atoms with Crippen LogP contribution in [0.15, 0.2) is 29.3 Å². The Morgan fingerprint density at radius 1 is 1.25 bits per heavy atom. The predicted octanol–water partition coefficient (Wildman–Crippen LogP) is 2.40. The molecule has 3 aliphatic carbocycles. The number of hydrogen-bond acceptors (Lipinski definition) is 8. The lowest BCUT2D eigenvalue weighted by Gasteiger charge is -2.64. The van der Waals surface area contributed by atoms with Crippen LogP contribution in [0.2, 0.25) is 0 Å². The van der Waals surface area contributed by atoms with Gasteiger partial charge in [-0.25, -0.2) is 15.1 Å². The van der Waals surface area contributed by atoms with Crippen LogP contribution in [0.4, 0.5) is 0 Å². The van der Waals surface area contributed by atoms with E-state index in [0.29, 0.717) is 30.4 Å². The fraction of sp³-hybridized carbons (Fsp3) is 0.700. The predicted molar refractivity (Wildman–Crippen MR) is 166 cm³/mol. The van der Waals surface area contributed by atoms with Crippen LogP contribution in [0.1, 0.15) is 72.3 Å². The number of benzene rings is 1. The summed E-state index contributed by atoms with van der Waals surface area (Å²) < 4.78 is 18.5. The Balaban J connectivity index is 1.46. The zero-order chi connectivity index (χ0) is 32.2. The Bertz CT molecular complexity index is 1250. The maximum atomic E-state index is 13.8. The van der Waals surface area contributed by atoms with Gasteiger partial charge in [-0.05, 0) is 79.9 Å². The van der Waals surface area contributed by atoms with Gasteiger partial charge in [0.15, 0.2) is 5.03 Å². The highest BCUT2D eigenvalue weighted by atomic mass is 16.7. The molecule has 4 aliphatic rings. The standard InChI is InChI=1S/C30H47BN6O7/c1-18(2)13-25(31-43-24-17-20-16-23(29(20,3)4)30(24,5)44-31)35-27(39)22(11-8-12-33-28(32)36-37(40)41)34-26(38)15-19-9-7-10-21(14-19)42-6/h7,9-10,14,18,20,22-25H,8,11-13,15-17H2,1-6H3,(H,34,38)(H,35,39)(H3,32,33,36)/t20-,22+,23-,24-,25+,30+/m1/s1. The van der Waals surface area contributed by atoms with Crippen LogP contribution in [0.5, 0.6) is 5.75 Å². The van der Waals surface area contributed by atoms with Gasteiger partial charge < -0.3 is 30.4 Å². The highest BCUT2D eigenvalue weighted by Gasteiger charge is 2.68. The summed E-state index contributed by atoms with van der Waals surface area (Å²) in [6.07, 6.45) is 3.33. The second-order valence-electron chi connectivity index (χ2n) is 13.5. The van der Waals surface area contributed by atoms with Gasteiger partial charge >= 0.3 is 7.12 Å². The van der Waals surface area contributed by atoms with Crippen LogP contribution < -0.4 is 26.5 Å². The molecule has 2 bridgehead atoms. The molecule has 1 aliphatic heterocycles. The summed E-state index contributed by atoms with van der Waals surface area (Å²) in [5.41, 5.74) is 7.84. The first-order valence-electron chi connectivity index (χ1n) is 15.5. The van der Waals surface area contributed by atoms with Crippen molar-refractivity contribution in [1.29, 1.82) is 0 Å². The van der Waals surface area contributed by atoms with Crippen molar-refractivity contribution >= 4 is 24.9 Å². The van der Waals surface area contributed by atoms with E-state index in [2.05, 4.69) is 50.2 Å². The van der Waals surface area contributed by atoms with Crippen molar-refractivity contribution in [2.45, 2.75) is 96.8 Å². The molecule has 14 heteroatoms. The summed E-state index contributed by atoms with van der Waals surface area (Å²) in [5, 5.41) is 15.8. The number of ether oxygens (including phenoxy) is 1. The molecule has 1 saturated heterocycles. The summed E-state index contributed by atoms with van der Waals surface area (Å²) in [7, 11) is 0.956. The molecule has 0 spiro atoms. The highest BCUT2D eigenvalue weighted by Crippen LogP contribution is 2.65. The number of amides is 2. The minimum absolute atomic E-state index is 0.0229. The Kier molecular flexibility index (Phi) is 10.4. The normalized spacial score (nSPS) is 26.7. The number of aliphatic imine (C=N–C) groups is 1. The van der Waals surface area contributed by atoms with Gasteiger partial charge in [0.1, 0.15) is 11.8 Å². The van der Waals surface area contributed by atoms with E-state index in [9.17, 15) is 19.7 Å². The van der Waals surface area contributed by atoms with E-state index in [-0.39, 0.29) is 54.6 Å². The van der Waals surface area contributed by atoms with Crippen LogP contribution >= 0.6 is 0 Å². The number of nitrogens with zero attached hydrogens (tertiary/aromatic N) is 2. The second-order valence-corrected chi connectivity index (χ2v) is 13.5. The minimum atomic E-state index is -0.881. The minimum Gasteiger partial charge on any atom is -0.497 e. The first-order chi connectivity index (χ1) is 20.7. The third-order valence-electron chi connectivity index (χ3n) is 9.64. The van der Waals surface area contributed by atoms with Crippen molar-refractivity contribution in [2.75, 3.05) is 13.7 Å². The lowest BCUT2D eigenvalue weighted by molar-refractivity contribution is -0.525. The number of carbonyl (C=O) groups is 2. The van der Waals surface area contributed by atoms with Crippen LogP contribution in [0.25, 0.3) is 0 Å². The molecule has 242 valence electrons. The van der Waals surface area contributed by atoms with Gasteiger partial charge in [0, 0.05) is 6.54 Å². The quantitative estimate of drug-likeness (QED) is 0.0611. The SMILES string of the molecule is COc1cccc(CC(=O)N[C@@H](CCCN=C(N)N[N+](=O)[O-])C(=O)N[C@@H](CC(C)C)B2O[C@@H]3C[C@H]4C[C@H](C4(C)C)[C@]3(C)O2)c1. The van der Waals surface area contributed by atoms with Crippen molar-refractivity contribution in [3.05, 3.63) is 39.9 Å². The Morgan fingerprint density at radius 2 is 2.00 bits per heavy atom. The number of nitrogens with two attached hydrogens (primary N) is 1. The molecule has 1 heterocycles. The van der Waals surface area contributed by atoms with Crippen molar-refractivity contribution in [3.63, 3.8) is 0 Å². The Hall–Kier alpha value is -3.39. The van der Waals surface area contributed by atoms with E-state index in [1.165, 1.54) is 0 Å². The van der Waals surface area contributed by atoms with Crippen LogP contribution in [-0.4, -0.2) is 67.3 Å². The molecule has 0 unspecified atom stereocenters. The maximum Gasteiger partial charge on any atom is 0.481 e. The van der Waals surface area contributed by atoms with Gasteiger partial charge in [-0.2, -0.15) is 0 Å². The average molecular weight is 615 g/mol. The zero-order valence-electron chi connectivity index (χ0n) is 26.6. The summed E-state index contributed by atoms with van der Waals surface area (Å²) in [4.78, 5) is 41.5. The monoisotopic (exact) mass is 614 g/mol. The third-order valence-corrected chi connectivity index (χ3v) is 9.64. The molecular weight excluding hydrogens is 567 g/mol. The lowest BCUT2D eigenvalue weighted by Crippen LogP contribution is -2.65. The molecule has 6 atom stereocenters. The van der Waals surface area contributed by atoms with Crippen molar-refractivity contribution in [1.82, 2.24) is 16.1 Å². The van der Waals surface area contributed by atoms with Gasteiger partial charge in [0.2, 0.25) is 11.8 Å². The Morgan fingerprint density at radius 3 is 2.66 bits per heavy atom. The molecule has 44 heavy (non-hydrogen) atoms. The number of hydrazine groups is 1. The molecule has 4 fully saturated rings. The molecule has 5 rings (SSSR count). The topological polar surface area (TPSA) is 179 Å². The number of hydrogen-bond donors (Lipinski definition) is 4. The fourth-order valence-electron chi connectivity index (χ4n) is 7.21. The van der Waals surface area contributed by atoms with E-state index >= 15 is 0 Å². The largest absolute Gasteiger partial charge is 0.497 e. The van der Waals surface area contributed by atoms with Gasteiger partial charge in [-0.1, -0.05) is 45.3 Å². The molecule has 1 aromatic rings. The van der Waals surface area contributed by atoms with Crippen LogP contribution in [0, 0.1) is 33.3 Å². The number of methoxy groups -OCH3 is 1. The first-order valence-corrected chi connectivity index (χ1v) is 15.5. The van der Waals surface area contributed by atoms with E-state index in [4.69, 9.17) is 19.8 Å². The molecule has 2 amide bonds. The first kappa shape index (κ1) is 33.5. The molecule has 5 N–H and O–H groups in total. The fourth-order valence-corrected chi connectivity index (χ4v) is 7.21. The number of guanidine groups is 1. The number of carbonyl (C=O) groups excluding carboxylic acids is 2. The van der Waals surface area contributed by atoms with E-state index < -0.39 is 29.7 Å². The van der Waals surface area contributed by atoms with Crippen molar-refractivity contribution in [3.8, 4) is 5.75 Å². The van der Waals surface area contributed by atoms with Crippen molar-refractivity contribution in [2.24, 2.45) is 33.9 Å². The average Bonchev–Trinajstić information content (AvgIpc) is 3.31. The Labute approximate surface area is 259 Å². The molecule has 0 radical (unpaired) electrons. The number of nitrogens with one attached hydrogen (secondary N) is 3. The summed E-state index contributed by atoms with van der Waals surface area (Å²) in [6, 6.07) is 6.30. The summed E-state index contributed by atoms with van der Waals surface area (Å²) >= 11 is 0. The third kappa shape index (κ3) is 7.63. The molecular formula is C30H47BN6O7. The van der Waals surface area contributed by atoms with Crippen LogP contribution in [0.3, 0.4) is 0 Å². The van der Waals surface area contributed by atoms with Crippen LogP contribution in [-0.2, 0) is 25.3 Å². The zero-order valence-corrected chi connectivity index (χ0v) is 26.6. The smallest absolute Gasteiger partial charge is 0.481 e. The lowest BCUT2D eigenvalue weighted by atomic mass is 9.43. The van der Waals surface area contributed by atoms with Gasteiger partial charge in [-0.3, -0.25) is 9.59 Å². The molecule has 1 aromatic carbocycles. The van der Waals surface area contributed by atoms with E-state index in [0.717, 1.165) is 18.4 Å². The van der Waals surface area contributed by atoms with Gasteiger partial charge in [0.25, 0.3) is 5.96 Å². The van der Waals surface area contributed by atoms with Gasteiger partial charge in [-0.15, -0.1) is 0 Å². The van der Waals surface area contributed by atoms with E-state index in [1.54, 1.807) is 30.7 Å². The summed E-state index contributed by atoms with van der Waals surface area (Å²) in [6.45, 7) is 11.1. The van der Waals surface area contributed by atoms with E-state index in [1.807, 2.05) is 6.07 Å². The van der Waals surface area contributed by atoms with Gasteiger partial charge in [0.05, 0.1) is 31.2 Å². The highest BCUT2D eigenvalue weighted by molar-refractivity contribution is 6.48. The summed E-state index contributed by atoms with van der Waals surface area (Å²) in [5.74, 6) is 0.445. The maximum absolute atomic E-state index is 13.8. The number of rotatable bonds is 14. The molecule has 3 saturated carbocycles.